The third-order valence-electron chi connectivity index (χ3n) is 6.41. The van der Waals surface area contributed by atoms with Gasteiger partial charge < -0.3 is 15.0 Å². The van der Waals surface area contributed by atoms with Gasteiger partial charge in [0, 0.05) is 24.7 Å². The minimum Gasteiger partial charge on any atom is -0.393 e. The van der Waals surface area contributed by atoms with Crippen molar-refractivity contribution < 1.29 is 9.90 Å². The van der Waals surface area contributed by atoms with Crippen LogP contribution in [0.4, 0.5) is 0 Å². The van der Waals surface area contributed by atoms with Gasteiger partial charge in [-0.3, -0.25) is 9.36 Å². The van der Waals surface area contributed by atoms with E-state index in [-0.39, 0.29) is 23.7 Å². The summed E-state index contributed by atoms with van der Waals surface area (Å²) in [4.78, 5) is 30.5. The van der Waals surface area contributed by atoms with Crippen molar-refractivity contribution in [1.82, 2.24) is 14.5 Å². The van der Waals surface area contributed by atoms with Gasteiger partial charge in [-0.05, 0) is 61.4 Å². The van der Waals surface area contributed by atoms with Crippen LogP contribution < -0.4 is 5.69 Å². The molecule has 0 saturated heterocycles. The number of aliphatic hydroxyl groups is 1. The van der Waals surface area contributed by atoms with Crippen LogP contribution in [-0.4, -0.2) is 38.1 Å². The van der Waals surface area contributed by atoms with Crippen LogP contribution in [0.5, 0.6) is 0 Å². The van der Waals surface area contributed by atoms with Crippen molar-refractivity contribution in [3.8, 4) is 0 Å². The fourth-order valence-electron chi connectivity index (χ4n) is 4.79. The quantitative estimate of drug-likeness (QED) is 0.705. The molecule has 1 saturated carbocycles. The third kappa shape index (κ3) is 3.27. The lowest BCUT2D eigenvalue weighted by Gasteiger charge is -2.29. The third-order valence-corrected chi connectivity index (χ3v) is 6.41. The van der Waals surface area contributed by atoms with Gasteiger partial charge in [0.1, 0.15) is 0 Å². The van der Waals surface area contributed by atoms with Gasteiger partial charge in [0.25, 0.3) is 5.91 Å². The summed E-state index contributed by atoms with van der Waals surface area (Å²) in [5, 5.41) is 9.75. The molecule has 2 N–H and O–H groups in total. The summed E-state index contributed by atoms with van der Waals surface area (Å²) in [6, 6.07) is 13.9. The number of hydrogen-bond donors (Lipinski definition) is 2. The van der Waals surface area contributed by atoms with Gasteiger partial charge in [-0.25, -0.2) is 4.79 Å². The minimum atomic E-state index is -0.258. The first-order valence-corrected chi connectivity index (χ1v) is 10.4. The molecular formula is C23H25N3O3. The first-order chi connectivity index (χ1) is 14.1. The first-order valence-electron chi connectivity index (χ1n) is 10.4. The lowest BCUT2D eigenvalue weighted by Crippen LogP contribution is -2.35. The average Bonchev–Trinajstić information content (AvgIpc) is 3.08. The van der Waals surface area contributed by atoms with E-state index in [1.165, 1.54) is 11.1 Å². The summed E-state index contributed by atoms with van der Waals surface area (Å²) in [6.07, 6.45) is 3.63. The maximum absolute atomic E-state index is 13.1. The second-order valence-corrected chi connectivity index (χ2v) is 8.24. The maximum Gasteiger partial charge on any atom is 0.326 e. The molecule has 0 spiro atoms. The Morgan fingerprint density at radius 2 is 1.79 bits per heavy atom. The average molecular weight is 391 g/mol. The highest BCUT2D eigenvalue weighted by atomic mass is 16.3. The fourth-order valence-corrected chi connectivity index (χ4v) is 4.79. The van der Waals surface area contributed by atoms with Gasteiger partial charge in [0.15, 0.2) is 0 Å². The van der Waals surface area contributed by atoms with Crippen LogP contribution in [0.15, 0.2) is 47.3 Å². The summed E-state index contributed by atoms with van der Waals surface area (Å²) in [6.45, 7) is 1.32. The second kappa shape index (κ2) is 7.19. The Morgan fingerprint density at radius 3 is 2.59 bits per heavy atom. The lowest BCUT2D eigenvalue weighted by atomic mass is 9.93. The number of hydrogen-bond acceptors (Lipinski definition) is 3. The highest BCUT2D eigenvalue weighted by Gasteiger charge is 2.25. The van der Waals surface area contributed by atoms with Crippen molar-refractivity contribution in [2.24, 2.45) is 0 Å². The molecule has 2 aliphatic rings. The van der Waals surface area contributed by atoms with Gasteiger partial charge in [-0.2, -0.15) is 0 Å². The Hall–Kier alpha value is -2.86. The zero-order valence-corrected chi connectivity index (χ0v) is 16.3. The zero-order valence-electron chi connectivity index (χ0n) is 16.3. The molecule has 0 unspecified atom stereocenters. The fraction of sp³-hybridized carbons (Fsp3) is 0.391. The number of nitrogens with one attached hydrogen (secondary N) is 1. The Kier molecular flexibility index (Phi) is 4.51. The molecule has 5 rings (SSSR count). The molecule has 150 valence electrons. The molecule has 6 nitrogen and oxygen atoms in total. The molecule has 3 aromatic rings. The molecule has 1 fully saturated rings. The molecule has 2 heterocycles. The van der Waals surface area contributed by atoms with Crippen molar-refractivity contribution in [3.05, 3.63) is 69.6 Å². The maximum atomic E-state index is 13.1. The second-order valence-electron chi connectivity index (χ2n) is 8.24. The monoisotopic (exact) mass is 391 g/mol. The molecular weight excluding hydrogens is 366 g/mol. The molecule has 1 aliphatic heterocycles. The van der Waals surface area contributed by atoms with E-state index in [1.54, 1.807) is 10.6 Å². The summed E-state index contributed by atoms with van der Waals surface area (Å²) in [7, 11) is 0. The van der Waals surface area contributed by atoms with Crippen molar-refractivity contribution in [3.63, 3.8) is 0 Å². The molecule has 0 bridgehead atoms. The van der Waals surface area contributed by atoms with Gasteiger partial charge in [-0.1, -0.05) is 24.3 Å². The van der Waals surface area contributed by atoms with E-state index >= 15 is 0 Å². The van der Waals surface area contributed by atoms with Crippen molar-refractivity contribution in [2.45, 2.75) is 50.8 Å². The number of fused-ring (bicyclic) bond motifs is 2. The zero-order chi connectivity index (χ0) is 20.0. The topological polar surface area (TPSA) is 78.3 Å². The SMILES string of the molecule is O=C(c1ccc2c(c1)[nH]c(=O)n2C1CCC(O)CC1)N1CCc2ccccc2C1. The molecule has 1 amide bonds. The number of benzene rings is 2. The van der Waals surface area contributed by atoms with Gasteiger partial charge in [0.05, 0.1) is 17.1 Å². The highest BCUT2D eigenvalue weighted by molar-refractivity contribution is 5.97. The molecule has 29 heavy (non-hydrogen) atoms. The number of amides is 1. The Morgan fingerprint density at radius 1 is 1.03 bits per heavy atom. The van der Waals surface area contributed by atoms with Crippen LogP contribution in [0.1, 0.15) is 53.2 Å². The van der Waals surface area contributed by atoms with E-state index in [0.29, 0.717) is 24.2 Å². The highest BCUT2D eigenvalue weighted by Crippen LogP contribution is 2.30. The molecule has 6 heteroatoms. The number of aromatic nitrogens is 2. The molecule has 0 radical (unpaired) electrons. The van der Waals surface area contributed by atoms with Gasteiger partial charge >= 0.3 is 5.69 Å². The van der Waals surface area contributed by atoms with Crippen LogP contribution in [0.25, 0.3) is 11.0 Å². The Balaban J connectivity index is 1.42. The van der Waals surface area contributed by atoms with E-state index in [0.717, 1.165) is 37.6 Å². The molecule has 0 atom stereocenters. The number of aromatic amines is 1. The number of aliphatic hydroxyl groups excluding tert-OH is 1. The Labute approximate surface area is 168 Å². The number of carbonyl (C=O) groups is 1. The lowest BCUT2D eigenvalue weighted by molar-refractivity contribution is 0.0735. The molecule has 2 aromatic carbocycles. The minimum absolute atomic E-state index is 0.00390. The summed E-state index contributed by atoms with van der Waals surface area (Å²) < 4.78 is 1.80. The van der Waals surface area contributed by atoms with Gasteiger partial charge in [0.2, 0.25) is 0 Å². The van der Waals surface area contributed by atoms with Crippen molar-refractivity contribution in [2.75, 3.05) is 6.54 Å². The van der Waals surface area contributed by atoms with E-state index in [1.807, 2.05) is 29.2 Å². The number of rotatable bonds is 2. The van der Waals surface area contributed by atoms with E-state index in [2.05, 4.69) is 17.1 Å². The van der Waals surface area contributed by atoms with E-state index in [4.69, 9.17) is 0 Å². The molecule has 1 aromatic heterocycles. The Bertz CT molecular complexity index is 1120. The van der Waals surface area contributed by atoms with Crippen LogP contribution in [0, 0.1) is 0 Å². The molecule has 1 aliphatic carbocycles. The number of carbonyl (C=O) groups excluding carboxylic acids is 1. The largest absolute Gasteiger partial charge is 0.393 e. The number of imidazole rings is 1. The van der Waals surface area contributed by atoms with Crippen LogP contribution in [0.2, 0.25) is 0 Å². The summed E-state index contributed by atoms with van der Waals surface area (Å²) in [5.41, 5.74) is 4.50. The summed E-state index contributed by atoms with van der Waals surface area (Å²) >= 11 is 0. The van der Waals surface area contributed by atoms with Crippen molar-refractivity contribution in [1.29, 1.82) is 0 Å². The van der Waals surface area contributed by atoms with Crippen LogP contribution in [-0.2, 0) is 13.0 Å². The smallest absolute Gasteiger partial charge is 0.326 e. The van der Waals surface area contributed by atoms with Crippen LogP contribution >= 0.6 is 0 Å². The standard InChI is InChI=1S/C23H25N3O3/c27-19-8-6-18(7-9-19)26-21-10-5-16(13-20(21)24-23(26)29)22(28)25-12-11-15-3-1-2-4-17(15)14-25/h1-5,10,13,18-19,27H,6-9,11-12,14H2,(H,24,29). The van der Waals surface area contributed by atoms with Gasteiger partial charge in [-0.15, -0.1) is 0 Å². The predicted molar refractivity (Wildman–Crippen MR) is 111 cm³/mol. The van der Waals surface area contributed by atoms with E-state index < -0.39 is 0 Å². The predicted octanol–water partition coefficient (Wildman–Crippen LogP) is 3.00. The number of nitrogens with zero attached hydrogens (tertiary/aromatic N) is 2. The number of H-pyrrole nitrogens is 1. The summed E-state index contributed by atoms with van der Waals surface area (Å²) in [5.74, 6) is -0.00390. The van der Waals surface area contributed by atoms with Crippen LogP contribution in [0.3, 0.4) is 0 Å². The van der Waals surface area contributed by atoms with Crippen molar-refractivity contribution >= 4 is 16.9 Å². The first kappa shape index (κ1) is 18.2. The van der Waals surface area contributed by atoms with E-state index in [9.17, 15) is 14.7 Å². The normalized spacial score (nSPS) is 21.9.